The molecule has 0 unspecified atom stereocenters. The highest BCUT2D eigenvalue weighted by molar-refractivity contribution is 5.70. The third kappa shape index (κ3) is 2.27. The Balaban J connectivity index is 2.34. The van der Waals surface area contributed by atoms with Gasteiger partial charge in [-0.2, -0.15) is 4.98 Å². The number of nitrogen functional groups attached to an aromatic ring is 1. The topological polar surface area (TPSA) is 68.2 Å². The number of nitrogens with zero attached hydrogens (tertiary/aromatic N) is 3. The van der Waals surface area contributed by atoms with Crippen molar-refractivity contribution in [3.8, 4) is 11.5 Å². The fraction of sp³-hybridized carbons (Fsp3) is 0.333. The van der Waals surface area contributed by atoms with Crippen molar-refractivity contribution in [3.63, 3.8) is 0 Å². The van der Waals surface area contributed by atoms with Crippen LogP contribution in [0.4, 0.5) is 16.0 Å². The van der Waals surface area contributed by atoms with Gasteiger partial charge in [0.1, 0.15) is 5.82 Å². The molecule has 0 aliphatic carbocycles. The summed E-state index contributed by atoms with van der Waals surface area (Å²) in [6, 6.07) is 4.08. The number of halogens is 1. The average Bonchev–Trinajstić information content (AvgIpc) is 2.80. The Hall–Kier alpha value is -2.11. The lowest BCUT2D eigenvalue weighted by atomic mass is 10.2. The van der Waals surface area contributed by atoms with Crippen molar-refractivity contribution in [1.29, 1.82) is 0 Å². The molecule has 0 aliphatic rings. The Morgan fingerprint density at radius 1 is 1.33 bits per heavy atom. The summed E-state index contributed by atoms with van der Waals surface area (Å²) in [7, 11) is 0. The summed E-state index contributed by atoms with van der Waals surface area (Å²) in [6.07, 6.45) is 0. The summed E-state index contributed by atoms with van der Waals surface area (Å²) in [6.45, 7) is 5.58. The van der Waals surface area contributed by atoms with Gasteiger partial charge in [0.25, 0.3) is 11.8 Å². The van der Waals surface area contributed by atoms with E-state index in [9.17, 15) is 4.39 Å². The molecule has 0 atom stereocenters. The van der Waals surface area contributed by atoms with Crippen LogP contribution in [0.2, 0.25) is 0 Å². The quantitative estimate of drug-likeness (QED) is 0.843. The molecule has 2 rings (SSSR count). The van der Waals surface area contributed by atoms with E-state index in [2.05, 4.69) is 10.1 Å². The van der Waals surface area contributed by atoms with Gasteiger partial charge in [0.15, 0.2) is 0 Å². The summed E-state index contributed by atoms with van der Waals surface area (Å²) in [5.41, 5.74) is 6.55. The van der Waals surface area contributed by atoms with Crippen molar-refractivity contribution >= 4 is 11.6 Å². The maximum atomic E-state index is 13.0. The van der Waals surface area contributed by atoms with Gasteiger partial charge >= 0.3 is 0 Å². The third-order valence-electron chi connectivity index (χ3n) is 2.71. The zero-order valence-corrected chi connectivity index (χ0v) is 10.4. The van der Waals surface area contributed by atoms with Gasteiger partial charge in [-0.05, 0) is 37.2 Å². The highest BCUT2D eigenvalue weighted by Crippen LogP contribution is 2.26. The van der Waals surface area contributed by atoms with Crippen LogP contribution >= 0.6 is 0 Å². The fourth-order valence-corrected chi connectivity index (χ4v) is 1.69. The van der Waals surface area contributed by atoms with Crippen LogP contribution in [-0.2, 0) is 0 Å². The zero-order valence-electron chi connectivity index (χ0n) is 10.4. The summed E-state index contributed by atoms with van der Waals surface area (Å²) in [5.74, 6) is 0.424. The van der Waals surface area contributed by atoms with Crippen LogP contribution in [-0.4, -0.2) is 23.2 Å². The monoisotopic (exact) mass is 250 g/mol. The Bertz CT molecular complexity index is 537. The van der Waals surface area contributed by atoms with Crippen molar-refractivity contribution in [1.82, 2.24) is 10.1 Å². The minimum Gasteiger partial charge on any atom is -0.398 e. The molecule has 0 radical (unpaired) electrons. The standard InChI is InChI=1S/C12H15FN4O/c1-3-17(4-2)12-15-11(18-16-12)9-6-5-8(13)7-10(9)14/h5-7H,3-4,14H2,1-2H3. The largest absolute Gasteiger partial charge is 0.398 e. The number of benzene rings is 1. The van der Waals surface area contributed by atoms with Crippen LogP contribution in [0.15, 0.2) is 22.7 Å². The maximum Gasteiger partial charge on any atom is 0.266 e. The molecule has 18 heavy (non-hydrogen) atoms. The first kappa shape index (κ1) is 12.3. The Kier molecular flexibility index (Phi) is 3.45. The highest BCUT2D eigenvalue weighted by atomic mass is 19.1. The van der Waals surface area contributed by atoms with Crippen LogP contribution in [0, 0.1) is 5.82 Å². The molecule has 0 fully saturated rings. The Morgan fingerprint density at radius 3 is 2.67 bits per heavy atom. The van der Waals surface area contributed by atoms with E-state index < -0.39 is 0 Å². The van der Waals surface area contributed by atoms with Gasteiger partial charge < -0.3 is 15.2 Å². The van der Waals surface area contributed by atoms with E-state index in [1.54, 1.807) is 0 Å². The number of hydrogen-bond acceptors (Lipinski definition) is 5. The van der Waals surface area contributed by atoms with Crippen molar-refractivity contribution in [3.05, 3.63) is 24.0 Å². The molecule has 5 nitrogen and oxygen atoms in total. The maximum absolute atomic E-state index is 13.0. The molecule has 2 N–H and O–H groups in total. The first-order chi connectivity index (χ1) is 8.65. The van der Waals surface area contributed by atoms with E-state index in [1.165, 1.54) is 18.2 Å². The first-order valence-corrected chi connectivity index (χ1v) is 5.79. The molecule has 6 heteroatoms. The number of nitrogens with two attached hydrogens (primary N) is 1. The summed E-state index contributed by atoms with van der Waals surface area (Å²) < 4.78 is 18.1. The molecule has 1 heterocycles. The van der Waals surface area contributed by atoms with Crippen LogP contribution in [0.5, 0.6) is 0 Å². The predicted octanol–water partition coefficient (Wildman–Crippen LogP) is 2.30. The van der Waals surface area contributed by atoms with Crippen LogP contribution < -0.4 is 10.6 Å². The van der Waals surface area contributed by atoms with Gasteiger partial charge in [0.2, 0.25) is 0 Å². The van der Waals surface area contributed by atoms with E-state index >= 15 is 0 Å². The summed E-state index contributed by atoms with van der Waals surface area (Å²) >= 11 is 0. The minimum atomic E-state index is -0.389. The summed E-state index contributed by atoms with van der Waals surface area (Å²) in [4.78, 5) is 6.21. The molecule has 0 spiro atoms. The third-order valence-corrected chi connectivity index (χ3v) is 2.71. The highest BCUT2D eigenvalue weighted by Gasteiger charge is 2.15. The lowest BCUT2D eigenvalue weighted by molar-refractivity contribution is 0.429. The van der Waals surface area contributed by atoms with Crippen molar-refractivity contribution in [2.24, 2.45) is 0 Å². The number of hydrogen-bond donors (Lipinski definition) is 1. The second kappa shape index (κ2) is 5.03. The van der Waals surface area contributed by atoms with E-state index in [1.807, 2.05) is 18.7 Å². The Morgan fingerprint density at radius 2 is 2.06 bits per heavy atom. The molecule has 1 aromatic heterocycles. The number of aromatic nitrogens is 2. The minimum absolute atomic E-state index is 0.282. The van der Waals surface area contributed by atoms with Gasteiger partial charge in [-0.3, -0.25) is 0 Å². The molecule has 2 aromatic rings. The SMILES string of the molecule is CCN(CC)c1noc(-c2ccc(F)cc2N)n1. The molecular formula is C12H15FN4O. The molecule has 0 aliphatic heterocycles. The van der Waals surface area contributed by atoms with E-state index in [4.69, 9.17) is 10.3 Å². The van der Waals surface area contributed by atoms with Crippen LogP contribution in [0.3, 0.4) is 0 Å². The van der Waals surface area contributed by atoms with E-state index in [0.29, 0.717) is 17.4 Å². The van der Waals surface area contributed by atoms with Gasteiger partial charge in [0, 0.05) is 18.8 Å². The molecule has 0 saturated carbocycles. The van der Waals surface area contributed by atoms with E-state index in [-0.39, 0.29) is 11.5 Å². The normalized spacial score (nSPS) is 10.6. The summed E-state index contributed by atoms with van der Waals surface area (Å²) in [5, 5.41) is 3.89. The molecule has 96 valence electrons. The molecule has 0 bridgehead atoms. The lowest BCUT2D eigenvalue weighted by Gasteiger charge is -2.14. The Labute approximate surface area is 104 Å². The van der Waals surface area contributed by atoms with Gasteiger partial charge in [0.05, 0.1) is 5.56 Å². The van der Waals surface area contributed by atoms with Crippen molar-refractivity contribution in [2.45, 2.75) is 13.8 Å². The second-order valence-corrected chi connectivity index (χ2v) is 3.80. The van der Waals surface area contributed by atoms with Crippen LogP contribution in [0.25, 0.3) is 11.5 Å². The average molecular weight is 250 g/mol. The lowest BCUT2D eigenvalue weighted by Crippen LogP contribution is -2.22. The van der Waals surface area contributed by atoms with Crippen molar-refractivity contribution < 1.29 is 8.91 Å². The molecule has 1 aromatic carbocycles. The number of rotatable bonds is 4. The zero-order chi connectivity index (χ0) is 13.1. The fourth-order valence-electron chi connectivity index (χ4n) is 1.69. The smallest absolute Gasteiger partial charge is 0.266 e. The second-order valence-electron chi connectivity index (χ2n) is 3.80. The van der Waals surface area contributed by atoms with Gasteiger partial charge in [-0.25, -0.2) is 4.39 Å². The molecular weight excluding hydrogens is 235 g/mol. The molecule has 0 amide bonds. The molecule has 0 saturated heterocycles. The van der Waals surface area contributed by atoms with E-state index in [0.717, 1.165) is 13.1 Å². The van der Waals surface area contributed by atoms with Gasteiger partial charge in [-0.15, -0.1) is 0 Å². The predicted molar refractivity (Wildman–Crippen MR) is 67.7 cm³/mol. The van der Waals surface area contributed by atoms with Gasteiger partial charge in [-0.1, -0.05) is 0 Å². The van der Waals surface area contributed by atoms with Crippen LogP contribution in [0.1, 0.15) is 13.8 Å². The first-order valence-electron chi connectivity index (χ1n) is 5.79. The number of anilines is 2. The van der Waals surface area contributed by atoms with Crippen molar-refractivity contribution in [2.75, 3.05) is 23.7 Å².